The SMILES string of the molecule is CC/C(C)=C\C/C=C(/C)CC#N. The third-order valence-electron chi connectivity index (χ3n) is 1.85. The summed E-state index contributed by atoms with van der Waals surface area (Å²) in [5, 5.41) is 8.39. The second-order valence-corrected chi connectivity index (χ2v) is 3.03. The van der Waals surface area contributed by atoms with Gasteiger partial charge in [-0.3, -0.25) is 0 Å². The first-order valence-corrected chi connectivity index (χ1v) is 4.39. The molecule has 1 nitrogen and oxygen atoms in total. The Balaban J connectivity index is 3.82. The smallest absolute Gasteiger partial charge is 0.0666 e. The van der Waals surface area contributed by atoms with Crippen LogP contribution < -0.4 is 0 Å². The van der Waals surface area contributed by atoms with Crippen LogP contribution >= 0.6 is 0 Å². The zero-order chi connectivity index (χ0) is 9.40. The molecule has 1 heteroatoms. The first-order chi connectivity index (χ1) is 5.70. The second-order valence-electron chi connectivity index (χ2n) is 3.03. The van der Waals surface area contributed by atoms with Crippen LogP contribution in [0.25, 0.3) is 0 Å². The molecule has 0 amide bonds. The standard InChI is InChI=1S/C11H17N/c1-4-10(2)6-5-7-11(3)8-9-12/h6-7H,4-5,8H2,1-3H3/b10-6-,11-7-. The molecule has 0 aliphatic heterocycles. The number of allylic oxidation sites excluding steroid dienone is 4. The molecule has 0 aliphatic rings. The molecule has 0 saturated carbocycles. The minimum Gasteiger partial charge on any atom is -0.198 e. The van der Waals surface area contributed by atoms with Crippen LogP contribution in [0.2, 0.25) is 0 Å². The van der Waals surface area contributed by atoms with Crippen molar-refractivity contribution in [1.29, 1.82) is 5.26 Å². The summed E-state index contributed by atoms with van der Waals surface area (Å²) in [4.78, 5) is 0. The van der Waals surface area contributed by atoms with Gasteiger partial charge in [0.1, 0.15) is 0 Å². The van der Waals surface area contributed by atoms with Crippen molar-refractivity contribution in [3.63, 3.8) is 0 Å². The van der Waals surface area contributed by atoms with Gasteiger partial charge in [-0.15, -0.1) is 0 Å². The maximum atomic E-state index is 8.39. The van der Waals surface area contributed by atoms with Crippen LogP contribution in [-0.2, 0) is 0 Å². The van der Waals surface area contributed by atoms with Crippen molar-refractivity contribution in [3.8, 4) is 6.07 Å². The van der Waals surface area contributed by atoms with E-state index in [0.29, 0.717) is 6.42 Å². The van der Waals surface area contributed by atoms with Crippen molar-refractivity contribution < 1.29 is 0 Å². The Kier molecular flexibility index (Phi) is 6.09. The Labute approximate surface area is 75.4 Å². The summed E-state index contributed by atoms with van der Waals surface area (Å²) in [6.45, 7) is 6.28. The molecule has 0 aromatic rings. The summed E-state index contributed by atoms with van der Waals surface area (Å²) in [7, 11) is 0. The Morgan fingerprint density at radius 1 is 1.25 bits per heavy atom. The quantitative estimate of drug-likeness (QED) is 0.581. The lowest BCUT2D eigenvalue weighted by atomic mass is 10.1. The number of rotatable bonds is 4. The zero-order valence-electron chi connectivity index (χ0n) is 8.22. The van der Waals surface area contributed by atoms with Crippen LogP contribution in [0.15, 0.2) is 23.3 Å². The van der Waals surface area contributed by atoms with Crippen molar-refractivity contribution in [2.24, 2.45) is 0 Å². The fourth-order valence-corrected chi connectivity index (χ4v) is 0.803. The fourth-order valence-electron chi connectivity index (χ4n) is 0.803. The summed E-state index contributed by atoms with van der Waals surface area (Å²) >= 11 is 0. The molecule has 0 aromatic heterocycles. The second kappa shape index (κ2) is 6.67. The van der Waals surface area contributed by atoms with E-state index in [2.05, 4.69) is 32.1 Å². The molecule has 12 heavy (non-hydrogen) atoms. The number of nitrogens with zero attached hydrogens (tertiary/aromatic N) is 1. The molecule has 0 rings (SSSR count). The van der Waals surface area contributed by atoms with E-state index in [-0.39, 0.29) is 0 Å². The van der Waals surface area contributed by atoms with Gasteiger partial charge in [0.2, 0.25) is 0 Å². The monoisotopic (exact) mass is 163 g/mol. The first-order valence-electron chi connectivity index (χ1n) is 4.39. The zero-order valence-corrected chi connectivity index (χ0v) is 8.22. The van der Waals surface area contributed by atoms with Crippen LogP contribution in [0.5, 0.6) is 0 Å². The van der Waals surface area contributed by atoms with Crippen molar-refractivity contribution in [1.82, 2.24) is 0 Å². The number of hydrogen-bond acceptors (Lipinski definition) is 1. The van der Waals surface area contributed by atoms with Gasteiger partial charge >= 0.3 is 0 Å². The van der Waals surface area contributed by atoms with Gasteiger partial charge in [-0.2, -0.15) is 5.26 Å². The molecule has 0 atom stereocenters. The minimum absolute atomic E-state index is 0.555. The minimum atomic E-state index is 0.555. The van der Waals surface area contributed by atoms with Crippen molar-refractivity contribution >= 4 is 0 Å². The molecule has 0 bridgehead atoms. The third kappa shape index (κ3) is 5.73. The van der Waals surface area contributed by atoms with E-state index in [0.717, 1.165) is 18.4 Å². The van der Waals surface area contributed by atoms with Gasteiger partial charge in [0.05, 0.1) is 12.5 Å². The van der Waals surface area contributed by atoms with Crippen LogP contribution in [0.4, 0.5) is 0 Å². The molecule has 0 saturated heterocycles. The van der Waals surface area contributed by atoms with Gasteiger partial charge < -0.3 is 0 Å². The van der Waals surface area contributed by atoms with E-state index in [9.17, 15) is 0 Å². The highest BCUT2D eigenvalue weighted by atomic mass is 14.2. The molecule has 0 aliphatic carbocycles. The Bertz CT molecular complexity index is 216. The van der Waals surface area contributed by atoms with Crippen molar-refractivity contribution in [2.75, 3.05) is 0 Å². The van der Waals surface area contributed by atoms with Gasteiger partial charge in [-0.25, -0.2) is 0 Å². The maximum absolute atomic E-state index is 8.39. The Hall–Kier alpha value is -1.03. The summed E-state index contributed by atoms with van der Waals surface area (Å²) in [5.41, 5.74) is 2.58. The lowest BCUT2D eigenvalue weighted by Gasteiger charge is -1.93. The summed E-state index contributed by atoms with van der Waals surface area (Å²) in [6.07, 6.45) is 6.96. The van der Waals surface area contributed by atoms with Crippen molar-refractivity contribution in [3.05, 3.63) is 23.3 Å². The maximum Gasteiger partial charge on any atom is 0.0666 e. The summed E-state index contributed by atoms with van der Waals surface area (Å²) in [6, 6.07) is 2.13. The van der Waals surface area contributed by atoms with Crippen LogP contribution in [0.1, 0.15) is 40.0 Å². The van der Waals surface area contributed by atoms with Gasteiger partial charge in [-0.05, 0) is 26.7 Å². The third-order valence-corrected chi connectivity index (χ3v) is 1.85. The lowest BCUT2D eigenvalue weighted by molar-refractivity contribution is 1.07. The normalized spacial score (nSPS) is 12.8. The Morgan fingerprint density at radius 2 is 1.83 bits per heavy atom. The molecular weight excluding hydrogens is 146 g/mol. The molecular formula is C11H17N. The van der Waals surface area contributed by atoms with Gasteiger partial charge in [0.15, 0.2) is 0 Å². The van der Waals surface area contributed by atoms with Crippen LogP contribution in [-0.4, -0.2) is 0 Å². The Morgan fingerprint density at radius 3 is 2.33 bits per heavy atom. The van der Waals surface area contributed by atoms with Crippen molar-refractivity contribution in [2.45, 2.75) is 40.0 Å². The van der Waals surface area contributed by atoms with Gasteiger partial charge in [-0.1, -0.05) is 30.2 Å². The van der Waals surface area contributed by atoms with E-state index in [1.54, 1.807) is 0 Å². The number of nitriles is 1. The van der Waals surface area contributed by atoms with Crippen LogP contribution in [0.3, 0.4) is 0 Å². The van der Waals surface area contributed by atoms with Crippen LogP contribution in [0, 0.1) is 11.3 Å². The molecule has 0 radical (unpaired) electrons. The number of hydrogen-bond donors (Lipinski definition) is 0. The lowest BCUT2D eigenvalue weighted by Crippen LogP contribution is -1.74. The molecule has 0 spiro atoms. The predicted molar refractivity (Wildman–Crippen MR) is 52.7 cm³/mol. The highest BCUT2D eigenvalue weighted by molar-refractivity contribution is 5.09. The van der Waals surface area contributed by atoms with E-state index >= 15 is 0 Å². The topological polar surface area (TPSA) is 23.8 Å². The first kappa shape index (κ1) is 11.0. The van der Waals surface area contributed by atoms with E-state index in [4.69, 9.17) is 5.26 Å². The predicted octanol–water partition coefficient (Wildman–Crippen LogP) is 3.59. The highest BCUT2D eigenvalue weighted by Gasteiger charge is 1.86. The molecule has 0 unspecified atom stereocenters. The molecule has 0 N–H and O–H groups in total. The fraction of sp³-hybridized carbons (Fsp3) is 0.545. The van der Waals surface area contributed by atoms with E-state index in [1.807, 2.05) is 6.92 Å². The largest absolute Gasteiger partial charge is 0.198 e. The van der Waals surface area contributed by atoms with Gasteiger partial charge in [0.25, 0.3) is 0 Å². The average Bonchev–Trinajstić information content (AvgIpc) is 2.04. The average molecular weight is 163 g/mol. The van der Waals surface area contributed by atoms with E-state index in [1.165, 1.54) is 5.57 Å². The molecule has 0 aromatic carbocycles. The molecule has 66 valence electrons. The molecule has 0 fully saturated rings. The van der Waals surface area contributed by atoms with E-state index < -0.39 is 0 Å². The summed E-state index contributed by atoms with van der Waals surface area (Å²) in [5.74, 6) is 0. The van der Waals surface area contributed by atoms with Gasteiger partial charge in [0, 0.05) is 0 Å². The molecule has 0 heterocycles. The highest BCUT2D eigenvalue weighted by Crippen LogP contribution is 2.04. The summed E-state index contributed by atoms with van der Waals surface area (Å²) < 4.78 is 0.